The van der Waals surface area contributed by atoms with Crippen molar-refractivity contribution >= 4 is 55.7 Å². The molecule has 0 unspecified atom stereocenters. The number of anilines is 1. The quantitative estimate of drug-likeness (QED) is 0.459. The Bertz CT molecular complexity index is 1370. The maximum atomic E-state index is 13.4. The smallest absolute Gasteiger partial charge is 0.286 e. The first-order valence-corrected chi connectivity index (χ1v) is 12.9. The molecule has 0 radical (unpaired) electrons. The van der Waals surface area contributed by atoms with Crippen LogP contribution in [0.3, 0.4) is 0 Å². The Morgan fingerprint density at radius 1 is 1.06 bits per heavy atom. The zero-order valence-electron chi connectivity index (χ0n) is 16.7. The topological polar surface area (TPSA) is 118 Å². The van der Waals surface area contributed by atoms with Crippen molar-refractivity contribution in [2.45, 2.75) is 23.7 Å². The molecule has 164 valence electrons. The number of hydrogen-bond donors (Lipinski definition) is 1. The lowest BCUT2D eigenvalue weighted by atomic mass is 10.0. The van der Waals surface area contributed by atoms with Crippen LogP contribution in [0.15, 0.2) is 53.4 Å². The summed E-state index contributed by atoms with van der Waals surface area (Å²) in [5.74, 6) is -0.454. The molecular weight excluding hydrogens is 468 g/mol. The molecule has 1 aliphatic rings. The summed E-state index contributed by atoms with van der Waals surface area (Å²) >= 11 is 2.20. The molecule has 0 aliphatic carbocycles. The van der Waals surface area contributed by atoms with Crippen LogP contribution >= 0.6 is 23.1 Å². The number of benzene rings is 2. The largest absolute Gasteiger partial charge is 0.320 e. The molecule has 0 spiro atoms. The Kier molecular flexibility index (Phi) is 5.67. The van der Waals surface area contributed by atoms with Gasteiger partial charge in [0.1, 0.15) is 20.9 Å². The number of piperidine rings is 1. The van der Waals surface area contributed by atoms with Gasteiger partial charge in [-0.25, -0.2) is 8.42 Å². The van der Waals surface area contributed by atoms with Crippen molar-refractivity contribution in [3.05, 3.63) is 58.5 Å². The molecule has 9 nitrogen and oxygen atoms in total. The molecule has 5 rings (SSSR count). The van der Waals surface area contributed by atoms with E-state index in [0.717, 1.165) is 18.1 Å². The van der Waals surface area contributed by atoms with E-state index < -0.39 is 10.0 Å². The fourth-order valence-corrected chi connectivity index (χ4v) is 6.83. The molecule has 2 aromatic heterocycles. The predicted octanol–water partition coefficient (Wildman–Crippen LogP) is 3.36. The summed E-state index contributed by atoms with van der Waals surface area (Å²) < 4.78 is 36.5. The normalized spacial score (nSPS) is 17.4. The number of hydrogen-bond acceptors (Lipinski definition) is 9. The Labute approximate surface area is 192 Å². The molecule has 1 fully saturated rings. The lowest BCUT2D eigenvalue weighted by Gasteiger charge is -2.30. The van der Waals surface area contributed by atoms with Gasteiger partial charge in [0.25, 0.3) is 5.91 Å². The second kappa shape index (κ2) is 8.62. The van der Waals surface area contributed by atoms with Gasteiger partial charge in [0.15, 0.2) is 0 Å². The van der Waals surface area contributed by atoms with Gasteiger partial charge in [-0.2, -0.15) is 13.1 Å². The second-order valence-corrected chi connectivity index (χ2v) is 10.8. The summed E-state index contributed by atoms with van der Waals surface area (Å²) in [6, 6.07) is 14.1. The minimum Gasteiger partial charge on any atom is -0.320 e. The first-order valence-electron chi connectivity index (χ1n) is 9.93. The third kappa shape index (κ3) is 4.01. The average Bonchev–Trinajstić information content (AvgIpc) is 3.49. The first kappa shape index (κ1) is 21.1. The Morgan fingerprint density at radius 3 is 2.75 bits per heavy atom. The number of para-hydroxylation sites is 1. The van der Waals surface area contributed by atoms with E-state index in [4.69, 9.17) is 0 Å². The number of nitrogens with zero attached hydrogens (tertiary/aromatic N) is 5. The highest BCUT2D eigenvalue weighted by Gasteiger charge is 2.34. The van der Waals surface area contributed by atoms with Crippen LogP contribution in [0.4, 0.5) is 5.69 Å². The van der Waals surface area contributed by atoms with Crippen LogP contribution in [0.5, 0.6) is 0 Å². The summed E-state index contributed by atoms with van der Waals surface area (Å²) in [7, 11) is -3.74. The van der Waals surface area contributed by atoms with Crippen LogP contribution < -0.4 is 5.32 Å². The van der Waals surface area contributed by atoms with Crippen molar-refractivity contribution in [2.24, 2.45) is 0 Å². The number of carbonyl (C=O) groups is 1. The number of sulfonamides is 1. The van der Waals surface area contributed by atoms with Crippen LogP contribution in [0.1, 0.15) is 33.6 Å². The highest BCUT2D eigenvalue weighted by atomic mass is 32.2. The fraction of sp³-hybridized carbons (Fsp3) is 0.250. The Morgan fingerprint density at radius 2 is 1.91 bits per heavy atom. The number of aromatic nitrogens is 4. The van der Waals surface area contributed by atoms with Crippen molar-refractivity contribution in [2.75, 3.05) is 18.4 Å². The summed E-state index contributed by atoms with van der Waals surface area (Å²) in [6.45, 7) is 0.707. The van der Waals surface area contributed by atoms with Crippen LogP contribution in [-0.2, 0) is 10.0 Å². The molecule has 1 N–H and O–H groups in total. The Hall–Kier alpha value is -2.80. The van der Waals surface area contributed by atoms with Crippen molar-refractivity contribution in [1.82, 2.24) is 23.2 Å². The number of amides is 1. The Balaban J connectivity index is 1.34. The highest BCUT2D eigenvalue weighted by molar-refractivity contribution is 7.89. The first-order chi connectivity index (χ1) is 15.5. The third-order valence-electron chi connectivity index (χ3n) is 5.27. The number of fused-ring (bicyclic) bond motifs is 1. The molecule has 3 heterocycles. The molecule has 0 bridgehead atoms. The predicted molar refractivity (Wildman–Crippen MR) is 122 cm³/mol. The molecule has 32 heavy (non-hydrogen) atoms. The fourth-order valence-electron chi connectivity index (χ4n) is 3.69. The molecule has 4 aromatic rings. The minimum absolute atomic E-state index is 0.123. The van der Waals surface area contributed by atoms with Crippen LogP contribution in [0.25, 0.3) is 11.0 Å². The van der Waals surface area contributed by atoms with Gasteiger partial charge in [-0.15, -0.1) is 10.2 Å². The summed E-state index contributed by atoms with van der Waals surface area (Å²) in [5, 5.41) is 11.9. The summed E-state index contributed by atoms with van der Waals surface area (Å²) in [6.07, 6.45) is 1.48. The van der Waals surface area contributed by atoms with Gasteiger partial charge in [0.05, 0.1) is 11.7 Å². The lowest BCUT2D eigenvalue weighted by molar-refractivity contribution is 0.102. The maximum absolute atomic E-state index is 13.4. The van der Waals surface area contributed by atoms with Gasteiger partial charge in [0.2, 0.25) is 15.0 Å². The average molecular weight is 487 g/mol. The van der Waals surface area contributed by atoms with Crippen LogP contribution in [-0.4, -0.2) is 50.7 Å². The van der Waals surface area contributed by atoms with E-state index in [-0.39, 0.29) is 28.3 Å². The zero-order valence-corrected chi connectivity index (χ0v) is 19.2. The molecule has 0 saturated carbocycles. The molecule has 1 amide bonds. The minimum atomic E-state index is -3.74. The van der Waals surface area contributed by atoms with E-state index in [2.05, 4.69) is 24.3 Å². The molecule has 2 aromatic carbocycles. The van der Waals surface area contributed by atoms with E-state index in [1.807, 2.05) is 18.2 Å². The van der Waals surface area contributed by atoms with E-state index in [1.165, 1.54) is 15.6 Å². The SMILES string of the molecule is O=C(Nc1ccccc1)c1nnc([C@@H]2CCCN(S(=O)(=O)c3cccc4nsnc34)C2)s1. The van der Waals surface area contributed by atoms with E-state index in [1.54, 1.807) is 30.3 Å². The number of nitrogens with one attached hydrogen (secondary N) is 1. The maximum Gasteiger partial charge on any atom is 0.286 e. The molecular formula is C20H18N6O3S3. The van der Waals surface area contributed by atoms with E-state index in [9.17, 15) is 13.2 Å². The number of carbonyl (C=O) groups excluding carboxylic acids is 1. The highest BCUT2D eigenvalue weighted by Crippen LogP contribution is 2.33. The molecule has 1 saturated heterocycles. The second-order valence-electron chi connectivity index (χ2n) is 7.36. The van der Waals surface area contributed by atoms with Crippen molar-refractivity contribution in [3.63, 3.8) is 0 Å². The monoisotopic (exact) mass is 486 g/mol. The molecule has 12 heteroatoms. The van der Waals surface area contributed by atoms with E-state index >= 15 is 0 Å². The van der Waals surface area contributed by atoms with Gasteiger partial charge in [-0.3, -0.25) is 4.79 Å². The third-order valence-corrected chi connectivity index (χ3v) is 8.79. The van der Waals surface area contributed by atoms with Gasteiger partial charge in [-0.1, -0.05) is 35.6 Å². The van der Waals surface area contributed by atoms with Gasteiger partial charge in [0, 0.05) is 24.7 Å². The van der Waals surface area contributed by atoms with Crippen molar-refractivity contribution in [1.29, 1.82) is 0 Å². The zero-order chi connectivity index (χ0) is 22.1. The standard InChI is InChI=1S/C20H18N6O3S3/c27-18(21-14-7-2-1-3-8-14)20-23-22-19(30-20)13-6-5-11-26(12-13)32(28,29)16-10-4-9-15-17(16)25-31-24-15/h1-4,7-10,13H,5-6,11-12H2,(H,21,27)/t13-/m1/s1. The van der Waals surface area contributed by atoms with Crippen LogP contribution in [0.2, 0.25) is 0 Å². The van der Waals surface area contributed by atoms with Crippen molar-refractivity contribution in [3.8, 4) is 0 Å². The van der Waals surface area contributed by atoms with E-state index in [0.29, 0.717) is 34.7 Å². The molecule has 1 atom stereocenters. The van der Waals surface area contributed by atoms with Crippen LogP contribution in [0, 0.1) is 0 Å². The van der Waals surface area contributed by atoms with Crippen molar-refractivity contribution < 1.29 is 13.2 Å². The summed E-state index contributed by atoms with van der Waals surface area (Å²) in [4.78, 5) is 12.7. The molecule has 1 aliphatic heterocycles. The van der Waals surface area contributed by atoms with Gasteiger partial charge < -0.3 is 5.32 Å². The lowest BCUT2D eigenvalue weighted by Crippen LogP contribution is -2.39. The van der Waals surface area contributed by atoms with Gasteiger partial charge in [-0.05, 0) is 37.1 Å². The number of rotatable bonds is 5. The van der Waals surface area contributed by atoms with Gasteiger partial charge >= 0.3 is 0 Å². The summed E-state index contributed by atoms with van der Waals surface area (Å²) in [5.41, 5.74) is 1.65.